The third kappa shape index (κ3) is 8.47. The molecule has 0 rings (SSSR count). The molecule has 0 saturated heterocycles. The molecule has 0 aliphatic carbocycles. The highest BCUT2D eigenvalue weighted by Crippen LogP contribution is 2.07. The van der Waals surface area contributed by atoms with Crippen molar-refractivity contribution in [3.8, 4) is 0 Å². The van der Waals surface area contributed by atoms with Crippen molar-refractivity contribution in [1.82, 2.24) is 0 Å². The van der Waals surface area contributed by atoms with E-state index in [1.54, 1.807) is 0 Å². The van der Waals surface area contributed by atoms with E-state index in [2.05, 4.69) is 15.0 Å². The van der Waals surface area contributed by atoms with Gasteiger partial charge >= 0.3 is 0 Å². The highest BCUT2D eigenvalue weighted by molar-refractivity contribution is 5.36. The second-order valence-corrected chi connectivity index (χ2v) is 2.74. The fourth-order valence-corrected chi connectivity index (χ4v) is 1.02. The zero-order chi connectivity index (χ0) is 11.4. The maximum absolute atomic E-state index is 9.92. The zero-order valence-electron chi connectivity index (χ0n) is 8.18. The van der Waals surface area contributed by atoms with Gasteiger partial charge in [-0.1, -0.05) is 6.42 Å². The van der Waals surface area contributed by atoms with E-state index in [9.17, 15) is 14.4 Å². The lowest BCUT2D eigenvalue weighted by Crippen LogP contribution is -1.99. The summed E-state index contributed by atoms with van der Waals surface area (Å²) in [7, 11) is 0. The summed E-state index contributed by atoms with van der Waals surface area (Å²) < 4.78 is 0. The van der Waals surface area contributed by atoms with Gasteiger partial charge in [0.1, 0.15) is 0 Å². The summed E-state index contributed by atoms with van der Waals surface area (Å²) in [6, 6.07) is 0. The summed E-state index contributed by atoms with van der Waals surface area (Å²) in [5.41, 5.74) is 0. The molecule has 0 aliphatic heterocycles. The maximum atomic E-state index is 9.92. The molecule has 0 saturated carbocycles. The first-order chi connectivity index (χ1) is 7.35. The second-order valence-electron chi connectivity index (χ2n) is 2.74. The van der Waals surface area contributed by atoms with Crippen LogP contribution in [-0.4, -0.2) is 31.0 Å². The minimum absolute atomic E-state index is 0.446. The summed E-state index contributed by atoms with van der Waals surface area (Å²) in [5.74, 6) is 0. The molecular weight excluding hydrogens is 198 g/mol. The Bertz CT molecular complexity index is 293. The number of rotatable bonds is 8. The normalized spacial score (nSPS) is 10.4. The molecule has 80 valence electrons. The highest BCUT2D eigenvalue weighted by atomic mass is 16.1. The average molecular weight is 209 g/mol. The lowest BCUT2D eigenvalue weighted by molar-refractivity contribution is 0.528. The standard InChI is InChI=1S/C9H11N3O3/c13-6-10-5-3-1-2-4-9(11-7-14)12-8-15/h9H,1-5H2. The van der Waals surface area contributed by atoms with Crippen LogP contribution in [0.1, 0.15) is 25.7 Å². The van der Waals surface area contributed by atoms with Crippen LogP contribution in [0.5, 0.6) is 0 Å². The number of nitrogens with zero attached hydrogens (tertiary/aromatic N) is 3. The number of isocyanates is 3. The Balaban J connectivity index is 3.66. The van der Waals surface area contributed by atoms with E-state index in [4.69, 9.17) is 0 Å². The molecule has 0 amide bonds. The van der Waals surface area contributed by atoms with E-state index in [0.717, 1.165) is 19.3 Å². The van der Waals surface area contributed by atoms with Crippen LogP contribution in [0, 0.1) is 0 Å². The minimum Gasteiger partial charge on any atom is -0.211 e. The number of aliphatic imine (C=N–C) groups is 3. The fourth-order valence-electron chi connectivity index (χ4n) is 1.02. The van der Waals surface area contributed by atoms with Crippen molar-refractivity contribution < 1.29 is 14.4 Å². The van der Waals surface area contributed by atoms with Gasteiger partial charge < -0.3 is 0 Å². The first kappa shape index (κ1) is 13.1. The summed E-state index contributed by atoms with van der Waals surface area (Å²) in [6.45, 7) is 0.446. The summed E-state index contributed by atoms with van der Waals surface area (Å²) in [5, 5.41) is 0. The van der Waals surface area contributed by atoms with Gasteiger partial charge in [-0.15, -0.1) is 0 Å². The van der Waals surface area contributed by atoms with E-state index in [0.29, 0.717) is 13.0 Å². The molecule has 0 aliphatic rings. The molecule has 6 heteroatoms. The van der Waals surface area contributed by atoms with Gasteiger partial charge in [-0.2, -0.15) is 9.98 Å². The van der Waals surface area contributed by atoms with E-state index in [1.165, 1.54) is 18.2 Å². The molecule has 0 fully saturated rings. The van der Waals surface area contributed by atoms with Gasteiger partial charge in [-0.25, -0.2) is 19.4 Å². The molecule has 0 radical (unpaired) electrons. The van der Waals surface area contributed by atoms with Crippen molar-refractivity contribution in [3.63, 3.8) is 0 Å². The largest absolute Gasteiger partial charge is 0.237 e. The summed E-state index contributed by atoms with van der Waals surface area (Å²) >= 11 is 0. The first-order valence-electron chi connectivity index (χ1n) is 4.52. The predicted molar refractivity (Wildman–Crippen MR) is 51.5 cm³/mol. The van der Waals surface area contributed by atoms with Crippen LogP contribution in [-0.2, 0) is 14.4 Å². The summed E-state index contributed by atoms with van der Waals surface area (Å²) in [6.07, 6.45) is 6.29. The smallest absolute Gasteiger partial charge is 0.211 e. The predicted octanol–water partition coefficient (Wildman–Crippen LogP) is 0.880. The van der Waals surface area contributed by atoms with E-state index in [1.807, 2.05) is 0 Å². The van der Waals surface area contributed by atoms with Crippen molar-refractivity contribution >= 4 is 18.2 Å². The molecule has 6 nitrogen and oxygen atoms in total. The van der Waals surface area contributed by atoms with Gasteiger partial charge in [0, 0.05) is 0 Å². The highest BCUT2D eigenvalue weighted by Gasteiger charge is 2.02. The van der Waals surface area contributed by atoms with Crippen molar-refractivity contribution in [2.75, 3.05) is 6.54 Å². The SMILES string of the molecule is O=C=NCCCCCC(N=C=O)N=C=O. The number of carbonyl (C=O) groups excluding carboxylic acids is 3. The Morgan fingerprint density at radius 1 is 0.867 bits per heavy atom. The molecule has 0 aromatic carbocycles. The van der Waals surface area contributed by atoms with Gasteiger partial charge in [0.25, 0.3) is 0 Å². The van der Waals surface area contributed by atoms with Crippen LogP contribution in [0.3, 0.4) is 0 Å². The first-order valence-corrected chi connectivity index (χ1v) is 4.52. The molecule has 0 bridgehead atoms. The Morgan fingerprint density at radius 2 is 1.53 bits per heavy atom. The van der Waals surface area contributed by atoms with Crippen LogP contribution in [0.2, 0.25) is 0 Å². The number of unbranched alkanes of at least 4 members (excludes halogenated alkanes) is 2. The lowest BCUT2D eigenvalue weighted by atomic mass is 10.1. The number of hydrogen-bond acceptors (Lipinski definition) is 6. The monoisotopic (exact) mass is 209 g/mol. The van der Waals surface area contributed by atoms with Gasteiger partial charge in [0.05, 0.1) is 6.54 Å². The summed E-state index contributed by atoms with van der Waals surface area (Å²) in [4.78, 5) is 39.6. The fraction of sp³-hybridized carbons (Fsp3) is 0.667. The Hall–Kier alpha value is -1.86. The van der Waals surface area contributed by atoms with E-state index < -0.39 is 6.17 Å². The molecule has 0 N–H and O–H groups in total. The molecule has 0 aromatic heterocycles. The van der Waals surface area contributed by atoms with Crippen LogP contribution in [0.15, 0.2) is 15.0 Å². The van der Waals surface area contributed by atoms with Gasteiger partial charge in [-0.05, 0) is 19.3 Å². The van der Waals surface area contributed by atoms with Crippen molar-refractivity contribution in [2.24, 2.45) is 15.0 Å². The van der Waals surface area contributed by atoms with Crippen LogP contribution in [0.25, 0.3) is 0 Å². The van der Waals surface area contributed by atoms with E-state index >= 15 is 0 Å². The van der Waals surface area contributed by atoms with Crippen LogP contribution in [0.4, 0.5) is 0 Å². The zero-order valence-corrected chi connectivity index (χ0v) is 8.18. The van der Waals surface area contributed by atoms with Gasteiger partial charge in [-0.3, -0.25) is 0 Å². The van der Waals surface area contributed by atoms with Crippen LogP contribution >= 0.6 is 0 Å². The third-order valence-electron chi connectivity index (χ3n) is 1.70. The molecular formula is C9H11N3O3. The molecule has 0 heterocycles. The van der Waals surface area contributed by atoms with Crippen molar-refractivity contribution in [3.05, 3.63) is 0 Å². The van der Waals surface area contributed by atoms with Crippen molar-refractivity contribution in [2.45, 2.75) is 31.8 Å². The Morgan fingerprint density at radius 3 is 2.07 bits per heavy atom. The minimum atomic E-state index is -0.672. The van der Waals surface area contributed by atoms with E-state index in [-0.39, 0.29) is 0 Å². The lowest BCUT2D eigenvalue weighted by Gasteiger charge is -2.01. The number of hydrogen-bond donors (Lipinski definition) is 0. The maximum Gasteiger partial charge on any atom is 0.237 e. The van der Waals surface area contributed by atoms with Crippen LogP contribution < -0.4 is 0 Å². The molecule has 0 aromatic rings. The molecule has 0 spiro atoms. The van der Waals surface area contributed by atoms with Gasteiger partial charge in [0.2, 0.25) is 18.2 Å². The Kier molecular flexibility index (Phi) is 8.95. The topological polar surface area (TPSA) is 88.3 Å². The third-order valence-corrected chi connectivity index (χ3v) is 1.70. The van der Waals surface area contributed by atoms with Crippen molar-refractivity contribution in [1.29, 1.82) is 0 Å². The second kappa shape index (κ2) is 10.2. The average Bonchev–Trinajstić information content (AvgIpc) is 2.24. The molecule has 0 atom stereocenters. The quantitative estimate of drug-likeness (QED) is 0.337. The Labute approximate surface area is 86.8 Å². The molecule has 15 heavy (non-hydrogen) atoms. The van der Waals surface area contributed by atoms with Gasteiger partial charge in [0.15, 0.2) is 6.17 Å². The molecule has 0 unspecified atom stereocenters.